The number of carbonyl (C=O) groups excluding carboxylic acids is 1. The molecule has 1 fully saturated rings. The molecule has 0 bridgehead atoms. The molecule has 1 aromatic carbocycles. The molecule has 0 radical (unpaired) electrons. The number of carbonyl (C=O) groups is 1. The van der Waals surface area contributed by atoms with Gasteiger partial charge in [0.2, 0.25) is 0 Å². The second-order valence-electron chi connectivity index (χ2n) is 4.57. The summed E-state index contributed by atoms with van der Waals surface area (Å²) in [6.45, 7) is 2.15. The third-order valence-corrected chi connectivity index (χ3v) is 3.09. The van der Waals surface area contributed by atoms with Crippen LogP contribution in [0.25, 0.3) is 0 Å². The Morgan fingerprint density at radius 1 is 1.47 bits per heavy atom. The molecule has 17 heavy (non-hydrogen) atoms. The van der Waals surface area contributed by atoms with Crippen molar-refractivity contribution in [2.24, 2.45) is 5.92 Å². The van der Waals surface area contributed by atoms with Gasteiger partial charge in [-0.2, -0.15) is 0 Å². The average molecular weight is 234 g/mol. The number of hydrogen-bond acceptors (Lipinski definition) is 4. The molecule has 1 N–H and O–H groups in total. The summed E-state index contributed by atoms with van der Waals surface area (Å²) in [5.74, 6) is 0.681. The number of nitrogens with one attached hydrogen (secondary N) is 1. The molecular weight excluding hydrogens is 220 g/mol. The van der Waals surface area contributed by atoms with Crippen molar-refractivity contribution >= 4 is 17.7 Å². The van der Waals surface area contributed by atoms with Crippen LogP contribution < -0.4 is 5.32 Å². The standard InChI is InChI=1S/C12H14N2O3/c1-8-4-10(5-8)13-11-3-2-9(7-15)6-12(11)14(16)17/h2-3,6-8,10,13H,4-5H2,1H3. The van der Waals surface area contributed by atoms with Crippen LogP contribution in [0, 0.1) is 16.0 Å². The molecule has 0 amide bonds. The van der Waals surface area contributed by atoms with Crippen molar-refractivity contribution in [2.45, 2.75) is 25.8 Å². The lowest BCUT2D eigenvalue weighted by atomic mass is 9.82. The number of benzene rings is 1. The van der Waals surface area contributed by atoms with Crippen molar-refractivity contribution in [2.75, 3.05) is 5.32 Å². The normalized spacial score (nSPS) is 22.6. The molecule has 0 unspecified atom stereocenters. The number of nitrogens with zero attached hydrogens (tertiary/aromatic N) is 1. The van der Waals surface area contributed by atoms with E-state index >= 15 is 0 Å². The second-order valence-corrected chi connectivity index (χ2v) is 4.57. The number of hydrogen-bond donors (Lipinski definition) is 1. The Bertz CT molecular complexity index is 453. The highest BCUT2D eigenvalue weighted by molar-refractivity contribution is 5.79. The van der Waals surface area contributed by atoms with E-state index in [0.29, 0.717) is 29.5 Å². The fraction of sp³-hybridized carbons (Fsp3) is 0.417. The minimum Gasteiger partial charge on any atom is -0.377 e. The fourth-order valence-corrected chi connectivity index (χ4v) is 2.14. The van der Waals surface area contributed by atoms with Gasteiger partial charge >= 0.3 is 0 Å². The van der Waals surface area contributed by atoms with E-state index in [4.69, 9.17) is 0 Å². The van der Waals surface area contributed by atoms with Gasteiger partial charge in [0.15, 0.2) is 0 Å². The van der Waals surface area contributed by atoms with Gasteiger partial charge in [0.25, 0.3) is 5.69 Å². The van der Waals surface area contributed by atoms with Gasteiger partial charge in [-0.05, 0) is 30.9 Å². The van der Waals surface area contributed by atoms with Crippen LogP contribution in [0.3, 0.4) is 0 Å². The molecule has 2 rings (SSSR count). The molecule has 90 valence electrons. The zero-order valence-corrected chi connectivity index (χ0v) is 9.55. The largest absolute Gasteiger partial charge is 0.377 e. The summed E-state index contributed by atoms with van der Waals surface area (Å²) in [7, 11) is 0. The average Bonchev–Trinajstić information content (AvgIpc) is 2.27. The topological polar surface area (TPSA) is 72.2 Å². The highest BCUT2D eigenvalue weighted by Gasteiger charge is 2.27. The molecule has 0 spiro atoms. The lowest BCUT2D eigenvalue weighted by Gasteiger charge is -2.33. The van der Waals surface area contributed by atoms with E-state index in [1.165, 1.54) is 6.07 Å². The van der Waals surface area contributed by atoms with E-state index in [9.17, 15) is 14.9 Å². The summed E-state index contributed by atoms with van der Waals surface area (Å²) in [6.07, 6.45) is 2.68. The van der Waals surface area contributed by atoms with Crippen LogP contribution in [0.5, 0.6) is 0 Å². The Balaban J connectivity index is 2.20. The predicted molar refractivity (Wildman–Crippen MR) is 64.3 cm³/mol. The number of aldehydes is 1. The van der Waals surface area contributed by atoms with E-state index in [1.54, 1.807) is 12.1 Å². The maximum absolute atomic E-state index is 10.9. The first kappa shape index (κ1) is 11.6. The number of nitro benzene ring substituents is 1. The number of nitro groups is 1. The first-order chi connectivity index (χ1) is 8.10. The molecule has 5 nitrogen and oxygen atoms in total. The molecule has 5 heteroatoms. The Hall–Kier alpha value is -1.91. The summed E-state index contributed by atoms with van der Waals surface area (Å²) in [6, 6.07) is 4.80. The monoisotopic (exact) mass is 234 g/mol. The van der Waals surface area contributed by atoms with Gasteiger partial charge in [-0.25, -0.2) is 0 Å². The van der Waals surface area contributed by atoms with Crippen LogP contribution in [-0.4, -0.2) is 17.3 Å². The molecule has 1 aliphatic rings. The lowest BCUT2D eigenvalue weighted by molar-refractivity contribution is -0.384. The minimum atomic E-state index is -0.461. The van der Waals surface area contributed by atoms with Crippen LogP contribution in [0.2, 0.25) is 0 Å². The van der Waals surface area contributed by atoms with E-state index in [-0.39, 0.29) is 5.69 Å². The van der Waals surface area contributed by atoms with Crippen molar-refractivity contribution in [3.8, 4) is 0 Å². The quantitative estimate of drug-likeness (QED) is 0.493. The fourth-order valence-electron chi connectivity index (χ4n) is 2.14. The zero-order valence-electron chi connectivity index (χ0n) is 9.55. The Morgan fingerprint density at radius 2 is 2.18 bits per heavy atom. The van der Waals surface area contributed by atoms with Crippen LogP contribution in [0.15, 0.2) is 18.2 Å². The highest BCUT2D eigenvalue weighted by atomic mass is 16.6. The van der Waals surface area contributed by atoms with Crippen LogP contribution in [-0.2, 0) is 0 Å². The molecule has 1 aromatic rings. The van der Waals surface area contributed by atoms with Crippen molar-refractivity contribution in [3.63, 3.8) is 0 Å². The summed E-state index contributed by atoms with van der Waals surface area (Å²) in [4.78, 5) is 21.0. The third kappa shape index (κ3) is 2.43. The third-order valence-electron chi connectivity index (χ3n) is 3.09. The first-order valence-electron chi connectivity index (χ1n) is 5.60. The highest BCUT2D eigenvalue weighted by Crippen LogP contribution is 2.33. The maximum Gasteiger partial charge on any atom is 0.293 e. The molecule has 0 atom stereocenters. The Labute approximate surface area is 99.0 Å². The summed E-state index contributed by atoms with van der Waals surface area (Å²) < 4.78 is 0. The smallest absolute Gasteiger partial charge is 0.293 e. The van der Waals surface area contributed by atoms with Crippen LogP contribution in [0.4, 0.5) is 11.4 Å². The molecular formula is C12H14N2O3. The van der Waals surface area contributed by atoms with Crippen molar-refractivity contribution in [1.82, 2.24) is 0 Å². The Morgan fingerprint density at radius 3 is 2.71 bits per heavy atom. The first-order valence-corrected chi connectivity index (χ1v) is 5.60. The van der Waals surface area contributed by atoms with Gasteiger partial charge in [0.05, 0.1) is 4.92 Å². The van der Waals surface area contributed by atoms with Crippen LogP contribution in [0.1, 0.15) is 30.1 Å². The molecule has 0 aromatic heterocycles. The lowest BCUT2D eigenvalue weighted by Crippen LogP contribution is -2.33. The zero-order chi connectivity index (χ0) is 12.4. The van der Waals surface area contributed by atoms with Crippen molar-refractivity contribution < 1.29 is 9.72 Å². The van der Waals surface area contributed by atoms with Crippen molar-refractivity contribution in [1.29, 1.82) is 0 Å². The molecule has 0 aliphatic heterocycles. The number of rotatable bonds is 4. The number of anilines is 1. The minimum absolute atomic E-state index is 0.0332. The molecule has 0 saturated heterocycles. The van der Waals surface area contributed by atoms with E-state index < -0.39 is 4.92 Å². The van der Waals surface area contributed by atoms with E-state index in [1.807, 2.05) is 0 Å². The van der Waals surface area contributed by atoms with Crippen molar-refractivity contribution in [3.05, 3.63) is 33.9 Å². The molecule has 1 saturated carbocycles. The molecule has 1 aliphatic carbocycles. The van der Waals surface area contributed by atoms with E-state index in [0.717, 1.165) is 12.8 Å². The second kappa shape index (κ2) is 4.53. The summed E-state index contributed by atoms with van der Waals surface area (Å²) in [5, 5.41) is 14.0. The van der Waals surface area contributed by atoms with Crippen LogP contribution >= 0.6 is 0 Å². The summed E-state index contributed by atoms with van der Waals surface area (Å²) >= 11 is 0. The Kier molecular flexibility index (Phi) is 3.08. The van der Waals surface area contributed by atoms with Gasteiger partial charge in [-0.15, -0.1) is 0 Å². The molecule has 0 heterocycles. The van der Waals surface area contributed by atoms with Gasteiger partial charge in [-0.1, -0.05) is 6.92 Å². The van der Waals surface area contributed by atoms with Gasteiger partial charge in [-0.3, -0.25) is 14.9 Å². The summed E-state index contributed by atoms with van der Waals surface area (Å²) in [5.41, 5.74) is 0.788. The van der Waals surface area contributed by atoms with E-state index in [2.05, 4.69) is 12.2 Å². The van der Waals surface area contributed by atoms with Gasteiger partial charge in [0, 0.05) is 17.7 Å². The maximum atomic E-state index is 10.9. The van der Waals surface area contributed by atoms with Gasteiger partial charge < -0.3 is 5.32 Å². The van der Waals surface area contributed by atoms with Gasteiger partial charge in [0.1, 0.15) is 12.0 Å². The predicted octanol–water partition coefficient (Wildman–Crippen LogP) is 2.62. The SMILES string of the molecule is CC1CC(Nc2ccc(C=O)cc2[N+](=O)[O-])C1.